The smallest absolute Gasteiger partial charge is 0.244 e. The number of anilines is 1. The summed E-state index contributed by atoms with van der Waals surface area (Å²) in [7, 11) is -2.12. The number of hydrogen-bond donors (Lipinski definition) is 1. The van der Waals surface area contributed by atoms with E-state index in [2.05, 4.69) is 0 Å². The van der Waals surface area contributed by atoms with E-state index in [1.54, 1.807) is 0 Å². The Balaban J connectivity index is 3.17. The highest BCUT2D eigenvalue weighted by Gasteiger charge is 2.25. The predicted molar refractivity (Wildman–Crippen MR) is 74.8 cm³/mol. The summed E-state index contributed by atoms with van der Waals surface area (Å²) in [6.45, 7) is 4.42. The third kappa shape index (κ3) is 3.46. The molecule has 6 heteroatoms. The van der Waals surface area contributed by atoms with Crippen LogP contribution in [-0.2, 0) is 10.0 Å². The summed E-state index contributed by atoms with van der Waals surface area (Å²) >= 11 is 0. The monoisotopic (exact) mass is 281 g/mol. The highest BCUT2D eigenvalue weighted by Crippen LogP contribution is 2.22. The lowest BCUT2D eigenvalue weighted by molar-refractivity contribution is 0.393. The van der Waals surface area contributed by atoms with E-state index < -0.39 is 10.0 Å². The second-order valence-electron chi connectivity index (χ2n) is 4.67. The lowest BCUT2D eigenvalue weighted by atomic mass is 10.1. The molecule has 0 spiro atoms. The van der Waals surface area contributed by atoms with Crippen LogP contribution < -0.4 is 5.73 Å². The van der Waals surface area contributed by atoms with Crippen molar-refractivity contribution in [1.29, 1.82) is 5.26 Å². The molecule has 1 rings (SSSR count). The Labute approximate surface area is 114 Å². The van der Waals surface area contributed by atoms with Crippen molar-refractivity contribution in [1.82, 2.24) is 4.31 Å². The topological polar surface area (TPSA) is 87.2 Å². The van der Waals surface area contributed by atoms with Gasteiger partial charge in [0.15, 0.2) is 0 Å². The van der Waals surface area contributed by atoms with Gasteiger partial charge < -0.3 is 5.73 Å². The van der Waals surface area contributed by atoms with Crippen LogP contribution in [0.15, 0.2) is 23.1 Å². The number of nitrogens with two attached hydrogens (primary N) is 1. The number of nitrogens with zero attached hydrogens (tertiary/aromatic N) is 2. The molecular weight excluding hydrogens is 262 g/mol. The first kappa shape index (κ1) is 15.5. The van der Waals surface area contributed by atoms with Crippen LogP contribution in [0.3, 0.4) is 0 Å². The van der Waals surface area contributed by atoms with Crippen molar-refractivity contribution in [3.05, 3.63) is 23.8 Å². The zero-order valence-electron chi connectivity index (χ0n) is 11.4. The first-order valence-electron chi connectivity index (χ1n) is 6.08. The van der Waals surface area contributed by atoms with Gasteiger partial charge in [0.25, 0.3) is 0 Å². The molecule has 0 heterocycles. The van der Waals surface area contributed by atoms with Gasteiger partial charge >= 0.3 is 0 Å². The number of nitrogen functional groups attached to an aromatic ring is 1. The standard InChI is InChI=1S/C13H19N3O2S/c1-4-10(2)9-16(3)19(17,18)13-6-5-12(15)7-11(13)8-14/h5-7,10H,4,9,15H2,1-3H3. The molecular formula is C13H19N3O2S. The third-order valence-electron chi connectivity index (χ3n) is 3.08. The van der Waals surface area contributed by atoms with E-state index in [9.17, 15) is 8.42 Å². The highest BCUT2D eigenvalue weighted by atomic mass is 32.2. The van der Waals surface area contributed by atoms with Gasteiger partial charge in [-0.3, -0.25) is 0 Å². The first-order valence-corrected chi connectivity index (χ1v) is 7.52. The largest absolute Gasteiger partial charge is 0.399 e. The van der Waals surface area contributed by atoms with Crippen LogP contribution in [0.2, 0.25) is 0 Å². The summed E-state index contributed by atoms with van der Waals surface area (Å²) in [4.78, 5) is 0.00926. The predicted octanol–water partition coefficient (Wildman–Crippen LogP) is 1.81. The fraction of sp³-hybridized carbons (Fsp3) is 0.462. The van der Waals surface area contributed by atoms with Crippen LogP contribution in [0.1, 0.15) is 25.8 Å². The molecule has 0 radical (unpaired) electrons. The molecule has 2 N–H and O–H groups in total. The molecule has 0 aliphatic rings. The van der Waals surface area contributed by atoms with Gasteiger partial charge in [0, 0.05) is 19.3 Å². The molecule has 1 aromatic rings. The minimum Gasteiger partial charge on any atom is -0.399 e. The lowest BCUT2D eigenvalue weighted by Crippen LogP contribution is -2.31. The zero-order chi connectivity index (χ0) is 14.6. The van der Waals surface area contributed by atoms with E-state index in [0.29, 0.717) is 12.2 Å². The van der Waals surface area contributed by atoms with Crippen LogP contribution in [0.5, 0.6) is 0 Å². The maximum absolute atomic E-state index is 12.4. The second kappa shape index (κ2) is 6.04. The molecule has 0 fully saturated rings. The summed E-state index contributed by atoms with van der Waals surface area (Å²) in [5.41, 5.74) is 6.02. The van der Waals surface area contributed by atoms with Crippen molar-refractivity contribution in [2.45, 2.75) is 25.2 Å². The molecule has 1 unspecified atom stereocenters. The second-order valence-corrected chi connectivity index (χ2v) is 6.68. The Morgan fingerprint density at radius 3 is 2.63 bits per heavy atom. The summed E-state index contributed by atoms with van der Waals surface area (Å²) in [6.07, 6.45) is 0.896. The van der Waals surface area contributed by atoms with E-state index in [1.807, 2.05) is 19.9 Å². The summed E-state index contributed by atoms with van der Waals surface area (Å²) in [5, 5.41) is 9.03. The Hall–Kier alpha value is -1.58. The average Bonchev–Trinajstić information content (AvgIpc) is 2.37. The first-order chi connectivity index (χ1) is 8.82. The van der Waals surface area contributed by atoms with Gasteiger partial charge in [-0.25, -0.2) is 12.7 Å². The van der Waals surface area contributed by atoms with Gasteiger partial charge in [0.05, 0.1) is 5.56 Å². The fourth-order valence-corrected chi connectivity index (χ4v) is 3.10. The van der Waals surface area contributed by atoms with Gasteiger partial charge in [-0.15, -0.1) is 0 Å². The van der Waals surface area contributed by atoms with Crippen LogP contribution in [0.4, 0.5) is 5.69 Å². The molecule has 0 saturated carbocycles. The Morgan fingerprint density at radius 1 is 1.47 bits per heavy atom. The molecule has 1 aromatic carbocycles. The van der Waals surface area contributed by atoms with Crippen molar-refractivity contribution < 1.29 is 8.42 Å². The SMILES string of the molecule is CCC(C)CN(C)S(=O)(=O)c1ccc(N)cc1C#N. The summed E-state index contributed by atoms with van der Waals surface area (Å²) in [5.74, 6) is 0.263. The zero-order valence-corrected chi connectivity index (χ0v) is 12.2. The number of sulfonamides is 1. The van der Waals surface area contributed by atoms with Gasteiger partial charge in [-0.1, -0.05) is 20.3 Å². The van der Waals surface area contributed by atoms with Crippen molar-refractivity contribution in [2.75, 3.05) is 19.3 Å². The molecule has 0 saturated heterocycles. The van der Waals surface area contributed by atoms with Crippen LogP contribution in [-0.4, -0.2) is 26.3 Å². The number of nitriles is 1. The van der Waals surface area contributed by atoms with E-state index in [4.69, 9.17) is 11.0 Å². The van der Waals surface area contributed by atoms with E-state index in [1.165, 1.54) is 29.6 Å². The molecule has 0 aliphatic carbocycles. The molecule has 1 atom stereocenters. The maximum atomic E-state index is 12.4. The minimum absolute atomic E-state index is 0.00926. The average molecular weight is 281 g/mol. The van der Waals surface area contributed by atoms with E-state index in [0.717, 1.165) is 6.42 Å². The van der Waals surface area contributed by atoms with Crippen LogP contribution in [0.25, 0.3) is 0 Å². The fourth-order valence-electron chi connectivity index (χ4n) is 1.69. The summed E-state index contributed by atoms with van der Waals surface area (Å²) < 4.78 is 26.1. The van der Waals surface area contributed by atoms with Crippen molar-refractivity contribution in [2.24, 2.45) is 5.92 Å². The quantitative estimate of drug-likeness (QED) is 0.834. The third-order valence-corrected chi connectivity index (χ3v) is 4.96. The van der Waals surface area contributed by atoms with Crippen LogP contribution in [0, 0.1) is 17.2 Å². The van der Waals surface area contributed by atoms with Crippen molar-refractivity contribution in [3.63, 3.8) is 0 Å². The molecule has 0 aliphatic heterocycles. The van der Waals surface area contributed by atoms with E-state index in [-0.39, 0.29) is 16.4 Å². The molecule has 0 bridgehead atoms. The minimum atomic E-state index is -3.65. The lowest BCUT2D eigenvalue weighted by Gasteiger charge is -2.21. The van der Waals surface area contributed by atoms with Crippen molar-refractivity contribution >= 4 is 15.7 Å². The maximum Gasteiger partial charge on any atom is 0.244 e. The Bertz CT molecular complexity index is 590. The molecule has 0 amide bonds. The van der Waals surface area contributed by atoms with Gasteiger partial charge in [0.1, 0.15) is 11.0 Å². The molecule has 19 heavy (non-hydrogen) atoms. The Morgan fingerprint density at radius 2 is 2.11 bits per heavy atom. The van der Waals surface area contributed by atoms with Gasteiger partial charge in [0.2, 0.25) is 10.0 Å². The highest BCUT2D eigenvalue weighted by molar-refractivity contribution is 7.89. The number of rotatable bonds is 5. The Kier molecular flexibility index (Phi) is 4.92. The normalized spacial score (nSPS) is 13.2. The van der Waals surface area contributed by atoms with Gasteiger partial charge in [-0.05, 0) is 24.1 Å². The van der Waals surface area contributed by atoms with Crippen molar-refractivity contribution in [3.8, 4) is 6.07 Å². The summed E-state index contributed by atoms with van der Waals surface area (Å²) in [6, 6.07) is 6.13. The van der Waals surface area contributed by atoms with Crippen LogP contribution >= 0.6 is 0 Å². The number of benzene rings is 1. The molecule has 5 nitrogen and oxygen atoms in total. The molecule has 0 aromatic heterocycles. The number of hydrogen-bond acceptors (Lipinski definition) is 4. The van der Waals surface area contributed by atoms with E-state index >= 15 is 0 Å². The molecule has 104 valence electrons. The van der Waals surface area contributed by atoms with Gasteiger partial charge in [-0.2, -0.15) is 5.26 Å².